The lowest BCUT2D eigenvalue weighted by Gasteiger charge is -2.12. The van der Waals surface area contributed by atoms with Crippen LogP contribution >= 0.6 is 15.9 Å². The summed E-state index contributed by atoms with van der Waals surface area (Å²) in [6.45, 7) is 5.41. The molecule has 1 aromatic carbocycles. The Kier molecular flexibility index (Phi) is 5.20. The van der Waals surface area contributed by atoms with E-state index in [1.807, 2.05) is 38.2 Å². The normalized spacial score (nSPS) is 12.4. The van der Waals surface area contributed by atoms with E-state index in [2.05, 4.69) is 25.5 Å². The molecule has 1 heterocycles. The Labute approximate surface area is 128 Å². The third kappa shape index (κ3) is 4.08. The van der Waals surface area contributed by atoms with Gasteiger partial charge in [-0.15, -0.1) is 0 Å². The Morgan fingerprint density at radius 2 is 2.25 bits per heavy atom. The number of rotatable bonds is 6. The van der Waals surface area contributed by atoms with Crippen molar-refractivity contribution in [3.05, 3.63) is 46.5 Å². The van der Waals surface area contributed by atoms with E-state index in [4.69, 9.17) is 10.5 Å². The minimum absolute atomic E-state index is 0.134. The molecule has 0 saturated heterocycles. The van der Waals surface area contributed by atoms with Gasteiger partial charge in [0.05, 0.1) is 6.54 Å². The van der Waals surface area contributed by atoms with Crippen LogP contribution in [-0.4, -0.2) is 22.2 Å². The number of hydrogen-bond acceptors (Lipinski definition) is 3. The summed E-state index contributed by atoms with van der Waals surface area (Å²) in [6, 6.07) is 6.16. The Morgan fingerprint density at radius 3 is 2.90 bits per heavy atom. The molecule has 4 nitrogen and oxygen atoms in total. The molecule has 0 saturated carbocycles. The standard InChI is InChI=1S/C15H20BrN3O/c1-11(17)9-13-10-14(3-4-15(13)16)20-8-7-19-6-5-18-12(19)2/h3-6,10-11H,7-9,17H2,1-2H3. The molecule has 20 heavy (non-hydrogen) atoms. The molecule has 0 bridgehead atoms. The van der Waals surface area contributed by atoms with Gasteiger partial charge in [-0.3, -0.25) is 0 Å². The second-order valence-electron chi connectivity index (χ2n) is 4.95. The van der Waals surface area contributed by atoms with Crippen molar-refractivity contribution >= 4 is 15.9 Å². The third-order valence-electron chi connectivity index (χ3n) is 3.08. The minimum atomic E-state index is 0.134. The van der Waals surface area contributed by atoms with Crippen molar-refractivity contribution in [2.24, 2.45) is 5.73 Å². The molecule has 0 amide bonds. The predicted octanol–water partition coefficient (Wildman–Crippen LogP) is 2.92. The number of ether oxygens (including phenoxy) is 1. The van der Waals surface area contributed by atoms with Crippen LogP contribution in [0.15, 0.2) is 35.1 Å². The van der Waals surface area contributed by atoms with Crippen molar-refractivity contribution in [1.29, 1.82) is 0 Å². The summed E-state index contributed by atoms with van der Waals surface area (Å²) >= 11 is 3.54. The monoisotopic (exact) mass is 337 g/mol. The average molecular weight is 338 g/mol. The van der Waals surface area contributed by atoms with E-state index in [1.165, 1.54) is 5.56 Å². The zero-order chi connectivity index (χ0) is 14.5. The lowest BCUT2D eigenvalue weighted by molar-refractivity contribution is 0.296. The van der Waals surface area contributed by atoms with Crippen LogP contribution in [0.4, 0.5) is 0 Å². The van der Waals surface area contributed by atoms with Crippen molar-refractivity contribution in [2.75, 3.05) is 6.61 Å². The Balaban J connectivity index is 1.94. The smallest absolute Gasteiger partial charge is 0.119 e. The molecule has 0 fully saturated rings. The maximum absolute atomic E-state index is 5.85. The zero-order valence-electron chi connectivity index (χ0n) is 11.8. The van der Waals surface area contributed by atoms with E-state index < -0.39 is 0 Å². The Bertz CT molecular complexity index is 566. The highest BCUT2D eigenvalue weighted by atomic mass is 79.9. The number of hydrogen-bond donors (Lipinski definition) is 1. The summed E-state index contributed by atoms with van der Waals surface area (Å²) in [4.78, 5) is 4.19. The van der Waals surface area contributed by atoms with Gasteiger partial charge in [0.1, 0.15) is 18.2 Å². The van der Waals surface area contributed by atoms with Crippen LogP contribution in [0.3, 0.4) is 0 Å². The fourth-order valence-electron chi connectivity index (χ4n) is 2.05. The van der Waals surface area contributed by atoms with E-state index in [9.17, 15) is 0 Å². The van der Waals surface area contributed by atoms with Gasteiger partial charge in [0, 0.05) is 22.9 Å². The molecule has 0 spiro atoms. The van der Waals surface area contributed by atoms with Crippen LogP contribution in [0.5, 0.6) is 5.75 Å². The highest BCUT2D eigenvalue weighted by molar-refractivity contribution is 9.10. The van der Waals surface area contributed by atoms with Gasteiger partial charge in [0.2, 0.25) is 0 Å². The molecule has 1 atom stereocenters. The molecule has 1 aromatic heterocycles. The second kappa shape index (κ2) is 6.90. The molecular formula is C15H20BrN3O. The van der Waals surface area contributed by atoms with Crippen molar-refractivity contribution < 1.29 is 4.74 Å². The predicted molar refractivity (Wildman–Crippen MR) is 84.0 cm³/mol. The minimum Gasteiger partial charge on any atom is -0.492 e. The topological polar surface area (TPSA) is 53.1 Å². The number of halogens is 1. The summed E-state index contributed by atoms with van der Waals surface area (Å²) in [7, 11) is 0. The summed E-state index contributed by atoms with van der Waals surface area (Å²) in [5.74, 6) is 1.88. The van der Waals surface area contributed by atoms with E-state index in [-0.39, 0.29) is 6.04 Å². The summed E-state index contributed by atoms with van der Waals surface area (Å²) in [5, 5.41) is 0. The lowest BCUT2D eigenvalue weighted by atomic mass is 10.1. The van der Waals surface area contributed by atoms with Gasteiger partial charge in [0.25, 0.3) is 0 Å². The van der Waals surface area contributed by atoms with Crippen molar-refractivity contribution in [3.63, 3.8) is 0 Å². The zero-order valence-corrected chi connectivity index (χ0v) is 13.4. The quantitative estimate of drug-likeness (QED) is 0.881. The second-order valence-corrected chi connectivity index (χ2v) is 5.81. The number of aromatic nitrogens is 2. The molecule has 0 aliphatic heterocycles. The Morgan fingerprint density at radius 1 is 1.45 bits per heavy atom. The number of benzene rings is 1. The maximum atomic E-state index is 5.85. The summed E-state index contributed by atoms with van der Waals surface area (Å²) in [6.07, 6.45) is 4.59. The molecule has 0 aliphatic rings. The number of nitrogens with zero attached hydrogens (tertiary/aromatic N) is 2. The van der Waals surface area contributed by atoms with Gasteiger partial charge in [0.15, 0.2) is 0 Å². The van der Waals surface area contributed by atoms with Crippen molar-refractivity contribution in [3.8, 4) is 5.75 Å². The summed E-state index contributed by atoms with van der Waals surface area (Å²) in [5.41, 5.74) is 7.03. The summed E-state index contributed by atoms with van der Waals surface area (Å²) < 4.78 is 8.95. The van der Waals surface area contributed by atoms with Crippen LogP contribution in [0.25, 0.3) is 0 Å². The van der Waals surface area contributed by atoms with Crippen LogP contribution in [-0.2, 0) is 13.0 Å². The van der Waals surface area contributed by atoms with Crippen molar-refractivity contribution in [2.45, 2.75) is 32.9 Å². The van der Waals surface area contributed by atoms with Crippen LogP contribution in [0.2, 0.25) is 0 Å². The molecule has 2 aromatic rings. The fourth-order valence-corrected chi connectivity index (χ4v) is 2.45. The molecular weight excluding hydrogens is 318 g/mol. The number of aryl methyl sites for hydroxylation is 1. The highest BCUT2D eigenvalue weighted by Gasteiger charge is 2.05. The van der Waals surface area contributed by atoms with Gasteiger partial charge < -0.3 is 15.0 Å². The molecule has 0 aliphatic carbocycles. The molecule has 0 radical (unpaired) electrons. The van der Waals surface area contributed by atoms with Gasteiger partial charge >= 0.3 is 0 Å². The molecule has 108 valence electrons. The van der Waals surface area contributed by atoms with Gasteiger partial charge in [-0.2, -0.15) is 0 Å². The first-order valence-electron chi connectivity index (χ1n) is 6.71. The first-order valence-corrected chi connectivity index (χ1v) is 7.50. The molecule has 5 heteroatoms. The highest BCUT2D eigenvalue weighted by Crippen LogP contribution is 2.23. The maximum Gasteiger partial charge on any atom is 0.119 e. The first kappa shape index (κ1) is 15.1. The Hall–Kier alpha value is -1.33. The average Bonchev–Trinajstić information content (AvgIpc) is 2.79. The van der Waals surface area contributed by atoms with Crippen LogP contribution < -0.4 is 10.5 Å². The number of nitrogens with two attached hydrogens (primary N) is 1. The van der Waals surface area contributed by atoms with E-state index >= 15 is 0 Å². The third-order valence-corrected chi connectivity index (χ3v) is 3.86. The SMILES string of the molecule is Cc1nccn1CCOc1ccc(Br)c(CC(C)N)c1. The van der Waals surface area contributed by atoms with Crippen molar-refractivity contribution in [1.82, 2.24) is 9.55 Å². The molecule has 1 unspecified atom stereocenters. The molecule has 2 rings (SSSR count). The van der Waals surface area contributed by atoms with Gasteiger partial charge in [-0.05, 0) is 44.0 Å². The largest absolute Gasteiger partial charge is 0.492 e. The van der Waals surface area contributed by atoms with Crippen LogP contribution in [0, 0.1) is 6.92 Å². The lowest BCUT2D eigenvalue weighted by Crippen LogP contribution is -2.18. The molecule has 2 N–H and O–H groups in total. The van der Waals surface area contributed by atoms with E-state index in [0.29, 0.717) is 6.61 Å². The van der Waals surface area contributed by atoms with E-state index in [0.717, 1.165) is 29.0 Å². The fraction of sp³-hybridized carbons (Fsp3) is 0.400. The number of imidazole rings is 1. The van der Waals surface area contributed by atoms with Gasteiger partial charge in [-0.1, -0.05) is 15.9 Å². The first-order chi connectivity index (χ1) is 9.56. The van der Waals surface area contributed by atoms with E-state index in [1.54, 1.807) is 6.20 Å². The van der Waals surface area contributed by atoms with Gasteiger partial charge in [-0.25, -0.2) is 4.98 Å². The van der Waals surface area contributed by atoms with Crippen LogP contribution in [0.1, 0.15) is 18.3 Å².